The Morgan fingerprint density at radius 3 is 2.50 bits per heavy atom. The van der Waals surface area contributed by atoms with Gasteiger partial charge in [-0.25, -0.2) is 4.39 Å². The lowest BCUT2D eigenvalue weighted by Gasteiger charge is -2.31. The predicted octanol–water partition coefficient (Wildman–Crippen LogP) is 4.40. The van der Waals surface area contributed by atoms with Gasteiger partial charge in [-0.3, -0.25) is 0 Å². The van der Waals surface area contributed by atoms with Crippen LogP contribution < -0.4 is 5.32 Å². The first kappa shape index (κ1) is 15.6. The van der Waals surface area contributed by atoms with E-state index in [2.05, 4.69) is 48.9 Å². The van der Waals surface area contributed by atoms with Gasteiger partial charge in [-0.05, 0) is 48.5 Å². The van der Waals surface area contributed by atoms with Crippen molar-refractivity contribution in [3.8, 4) is 0 Å². The molecule has 18 heavy (non-hydrogen) atoms. The second kappa shape index (κ2) is 6.67. The first-order valence-corrected chi connectivity index (χ1v) is 7.28. The zero-order valence-corrected chi connectivity index (χ0v) is 13.3. The second-order valence-corrected chi connectivity index (χ2v) is 6.66. The summed E-state index contributed by atoms with van der Waals surface area (Å²) >= 11 is 3.45. The molecule has 0 aliphatic rings. The summed E-state index contributed by atoms with van der Waals surface area (Å²) in [5.74, 6) is 0.337. The van der Waals surface area contributed by atoms with E-state index in [1.54, 1.807) is 6.07 Å². The molecule has 0 heterocycles. The smallest absolute Gasteiger partial charge is 0.124 e. The molecule has 0 saturated heterocycles. The maximum atomic E-state index is 13.1. The van der Waals surface area contributed by atoms with Crippen molar-refractivity contribution in [3.05, 3.63) is 34.1 Å². The van der Waals surface area contributed by atoms with Crippen LogP contribution in [-0.2, 0) is 6.42 Å². The maximum absolute atomic E-state index is 13.1. The van der Waals surface area contributed by atoms with Crippen molar-refractivity contribution in [3.63, 3.8) is 0 Å². The minimum atomic E-state index is -0.190. The molecule has 0 aliphatic carbocycles. The molecule has 0 spiro atoms. The Kier molecular flexibility index (Phi) is 5.80. The number of halogens is 2. The van der Waals surface area contributed by atoms with Crippen molar-refractivity contribution in [2.24, 2.45) is 11.3 Å². The van der Waals surface area contributed by atoms with Crippen LogP contribution in [0.1, 0.15) is 33.3 Å². The highest BCUT2D eigenvalue weighted by atomic mass is 79.9. The molecule has 102 valence electrons. The van der Waals surface area contributed by atoms with Gasteiger partial charge in [0.15, 0.2) is 0 Å². The Balaban J connectivity index is 2.82. The first-order valence-electron chi connectivity index (χ1n) is 6.49. The third-order valence-electron chi connectivity index (χ3n) is 3.35. The van der Waals surface area contributed by atoms with E-state index in [0.29, 0.717) is 5.92 Å². The highest BCUT2D eigenvalue weighted by Crippen LogP contribution is 2.31. The van der Waals surface area contributed by atoms with Crippen LogP contribution in [-0.4, -0.2) is 13.1 Å². The fourth-order valence-corrected chi connectivity index (χ4v) is 2.47. The predicted molar refractivity (Wildman–Crippen MR) is 79.3 cm³/mol. The van der Waals surface area contributed by atoms with E-state index in [-0.39, 0.29) is 11.2 Å². The largest absolute Gasteiger partial charge is 0.317 e. The quantitative estimate of drug-likeness (QED) is 0.849. The molecule has 0 aromatic heterocycles. The van der Waals surface area contributed by atoms with Crippen molar-refractivity contribution in [2.45, 2.75) is 34.1 Å². The van der Waals surface area contributed by atoms with Crippen LogP contribution >= 0.6 is 15.9 Å². The molecule has 1 atom stereocenters. The number of rotatable bonds is 5. The fraction of sp³-hybridized carbons (Fsp3) is 0.600. The van der Waals surface area contributed by atoms with Gasteiger partial charge < -0.3 is 5.32 Å². The average Bonchev–Trinajstić information content (AvgIpc) is 2.25. The van der Waals surface area contributed by atoms with Gasteiger partial charge in [0, 0.05) is 4.47 Å². The van der Waals surface area contributed by atoms with Crippen molar-refractivity contribution in [1.82, 2.24) is 5.32 Å². The lowest BCUT2D eigenvalue weighted by molar-refractivity contribution is 0.231. The zero-order chi connectivity index (χ0) is 13.8. The van der Waals surface area contributed by atoms with E-state index in [1.165, 1.54) is 11.6 Å². The lowest BCUT2D eigenvalue weighted by Crippen LogP contribution is -2.33. The Morgan fingerprint density at radius 2 is 2.00 bits per heavy atom. The van der Waals surface area contributed by atoms with Gasteiger partial charge in [-0.15, -0.1) is 0 Å². The highest BCUT2D eigenvalue weighted by Gasteiger charge is 2.25. The molecule has 3 heteroatoms. The average molecular weight is 316 g/mol. The van der Waals surface area contributed by atoms with Gasteiger partial charge in [0.05, 0.1) is 0 Å². The summed E-state index contributed by atoms with van der Waals surface area (Å²) in [6.45, 7) is 10.9. The van der Waals surface area contributed by atoms with Gasteiger partial charge in [0.25, 0.3) is 0 Å². The molecule has 1 rings (SSSR count). The van der Waals surface area contributed by atoms with Gasteiger partial charge in [-0.1, -0.05) is 49.7 Å². The molecule has 0 fully saturated rings. The molecule has 1 N–H and O–H groups in total. The molecule has 0 aliphatic heterocycles. The summed E-state index contributed by atoms with van der Waals surface area (Å²) in [4.78, 5) is 0. The van der Waals surface area contributed by atoms with E-state index in [0.717, 1.165) is 24.0 Å². The molecule has 1 unspecified atom stereocenters. The number of hydrogen-bond acceptors (Lipinski definition) is 1. The number of hydrogen-bond donors (Lipinski definition) is 1. The summed E-state index contributed by atoms with van der Waals surface area (Å²) in [7, 11) is 0. The Hall–Kier alpha value is -0.410. The van der Waals surface area contributed by atoms with Gasteiger partial charge in [-0.2, -0.15) is 0 Å². The Morgan fingerprint density at radius 1 is 1.33 bits per heavy atom. The zero-order valence-electron chi connectivity index (χ0n) is 11.7. The van der Waals surface area contributed by atoms with E-state index in [4.69, 9.17) is 0 Å². The summed E-state index contributed by atoms with van der Waals surface area (Å²) in [6.07, 6.45) is 0.956. The van der Waals surface area contributed by atoms with Crippen LogP contribution in [0.15, 0.2) is 22.7 Å². The van der Waals surface area contributed by atoms with E-state index in [1.807, 2.05) is 6.07 Å². The SMILES string of the molecule is CCNCC(Cc1ccc(F)cc1Br)C(C)(C)C. The summed E-state index contributed by atoms with van der Waals surface area (Å²) in [5.41, 5.74) is 1.41. The molecule has 1 aromatic carbocycles. The van der Waals surface area contributed by atoms with Crippen molar-refractivity contribution in [2.75, 3.05) is 13.1 Å². The Labute approximate surface area is 118 Å². The lowest BCUT2D eigenvalue weighted by atomic mass is 9.77. The second-order valence-electron chi connectivity index (χ2n) is 5.81. The van der Waals surface area contributed by atoms with Gasteiger partial charge >= 0.3 is 0 Å². The van der Waals surface area contributed by atoms with Crippen molar-refractivity contribution < 1.29 is 4.39 Å². The monoisotopic (exact) mass is 315 g/mol. The minimum Gasteiger partial charge on any atom is -0.317 e. The first-order chi connectivity index (χ1) is 8.34. The van der Waals surface area contributed by atoms with Crippen molar-refractivity contribution >= 4 is 15.9 Å². The Bertz CT molecular complexity index is 385. The van der Waals surface area contributed by atoms with E-state index in [9.17, 15) is 4.39 Å². The molecule has 0 amide bonds. The third-order valence-corrected chi connectivity index (χ3v) is 4.09. The van der Waals surface area contributed by atoms with Crippen molar-refractivity contribution in [1.29, 1.82) is 0 Å². The van der Waals surface area contributed by atoms with Gasteiger partial charge in [0.1, 0.15) is 5.82 Å². The molecule has 0 saturated carbocycles. The summed E-state index contributed by atoms with van der Waals surface area (Å²) in [6, 6.07) is 4.96. The molecular formula is C15H23BrFN. The normalized spacial score (nSPS) is 13.7. The third kappa shape index (κ3) is 4.69. The summed E-state index contributed by atoms with van der Waals surface area (Å²) in [5, 5.41) is 3.42. The maximum Gasteiger partial charge on any atom is 0.124 e. The summed E-state index contributed by atoms with van der Waals surface area (Å²) < 4.78 is 13.9. The molecular weight excluding hydrogens is 293 g/mol. The fourth-order valence-electron chi connectivity index (χ4n) is 1.96. The standard InChI is InChI=1S/C15H23BrFN/c1-5-18-10-12(15(2,3)4)8-11-6-7-13(17)9-14(11)16/h6-7,9,12,18H,5,8,10H2,1-4H3. The molecule has 0 radical (unpaired) electrons. The number of nitrogens with one attached hydrogen (secondary N) is 1. The van der Waals surface area contributed by atoms with Crippen LogP contribution in [0, 0.1) is 17.2 Å². The molecule has 1 aromatic rings. The van der Waals surface area contributed by atoms with Crippen LogP contribution in [0.2, 0.25) is 0 Å². The van der Waals surface area contributed by atoms with Crippen LogP contribution in [0.5, 0.6) is 0 Å². The number of benzene rings is 1. The molecule has 0 bridgehead atoms. The van der Waals surface area contributed by atoms with E-state index < -0.39 is 0 Å². The van der Waals surface area contributed by atoms with Crippen LogP contribution in [0.4, 0.5) is 4.39 Å². The van der Waals surface area contributed by atoms with Crippen LogP contribution in [0.3, 0.4) is 0 Å². The minimum absolute atomic E-state index is 0.190. The van der Waals surface area contributed by atoms with E-state index >= 15 is 0 Å². The molecule has 1 nitrogen and oxygen atoms in total. The topological polar surface area (TPSA) is 12.0 Å². The van der Waals surface area contributed by atoms with Gasteiger partial charge in [0.2, 0.25) is 0 Å². The van der Waals surface area contributed by atoms with Crippen LogP contribution in [0.25, 0.3) is 0 Å². The highest BCUT2D eigenvalue weighted by molar-refractivity contribution is 9.10.